The molecular formula is C10H11N3S2. The molecule has 78 valence electrons. The van der Waals surface area contributed by atoms with Gasteiger partial charge in [-0.2, -0.15) is 12.6 Å². The quantitative estimate of drug-likeness (QED) is 0.790. The van der Waals surface area contributed by atoms with Crippen LogP contribution in [0.15, 0.2) is 24.4 Å². The van der Waals surface area contributed by atoms with E-state index in [4.69, 9.17) is 5.73 Å². The van der Waals surface area contributed by atoms with Gasteiger partial charge >= 0.3 is 0 Å². The van der Waals surface area contributed by atoms with Crippen molar-refractivity contribution in [2.45, 2.75) is 12.2 Å². The SMILES string of the molecule is C[C@H](S)c1cnc(-c2cccc(N)n2)s1. The fraction of sp³-hybridized carbons (Fsp3) is 0.200. The highest BCUT2D eigenvalue weighted by Crippen LogP contribution is 2.30. The number of rotatable bonds is 2. The third-order valence-corrected chi connectivity index (χ3v) is 3.58. The van der Waals surface area contributed by atoms with Crippen LogP contribution in [0.25, 0.3) is 10.7 Å². The molecule has 0 saturated carbocycles. The normalized spacial score (nSPS) is 12.7. The molecule has 0 aliphatic carbocycles. The highest BCUT2D eigenvalue weighted by molar-refractivity contribution is 7.80. The van der Waals surface area contributed by atoms with Crippen LogP contribution in [0.4, 0.5) is 5.82 Å². The number of anilines is 1. The van der Waals surface area contributed by atoms with E-state index in [-0.39, 0.29) is 5.25 Å². The number of thiol groups is 1. The first-order valence-electron chi connectivity index (χ1n) is 4.53. The molecule has 0 amide bonds. The number of pyridine rings is 1. The van der Waals surface area contributed by atoms with Crippen molar-refractivity contribution in [2.75, 3.05) is 5.73 Å². The lowest BCUT2D eigenvalue weighted by Crippen LogP contribution is -1.90. The fourth-order valence-electron chi connectivity index (χ4n) is 1.17. The number of nitrogens with zero attached hydrogens (tertiary/aromatic N) is 2. The molecule has 1 atom stereocenters. The molecule has 15 heavy (non-hydrogen) atoms. The van der Waals surface area contributed by atoms with Crippen molar-refractivity contribution in [1.29, 1.82) is 0 Å². The van der Waals surface area contributed by atoms with Crippen LogP contribution >= 0.6 is 24.0 Å². The Labute approximate surface area is 97.8 Å². The summed E-state index contributed by atoms with van der Waals surface area (Å²) >= 11 is 5.96. The molecule has 2 N–H and O–H groups in total. The van der Waals surface area contributed by atoms with Gasteiger partial charge in [0.2, 0.25) is 0 Å². The highest BCUT2D eigenvalue weighted by Gasteiger charge is 2.08. The summed E-state index contributed by atoms with van der Waals surface area (Å²) in [5.74, 6) is 0.517. The Morgan fingerprint density at radius 3 is 2.87 bits per heavy atom. The van der Waals surface area contributed by atoms with Crippen LogP contribution in [0, 0.1) is 0 Å². The van der Waals surface area contributed by atoms with Crippen LogP contribution in [0.5, 0.6) is 0 Å². The van der Waals surface area contributed by atoms with Gasteiger partial charge in [0.25, 0.3) is 0 Å². The molecule has 0 spiro atoms. The minimum absolute atomic E-state index is 0.206. The maximum atomic E-state index is 5.61. The second-order valence-electron chi connectivity index (χ2n) is 3.19. The lowest BCUT2D eigenvalue weighted by molar-refractivity contribution is 1.14. The van der Waals surface area contributed by atoms with Crippen LogP contribution in [-0.2, 0) is 0 Å². The third-order valence-electron chi connectivity index (χ3n) is 1.93. The number of nitrogens with two attached hydrogens (primary N) is 1. The Hall–Kier alpha value is -1.07. The molecule has 2 rings (SSSR count). The van der Waals surface area contributed by atoms with Crippen LogP contribution in [0.2, 0.25) is 0 Å². The van der Waals surface area contributed by atoms with E-state index < -0.39 is 0 Å². The molecule has 0 aliphatic heterocycles. The average Bonchev–Trinajstić information content (AvgIpc) is 2.66. The standard InChI is InChI=1S/C10H11N3S2/c1-6(14)8-5-12-10(15-8)7-3-2-4-9(11)13-7/h2-6,14H,1H3,(H2,11,13)/t6-/m0/s1. The van der Waals surface area contributed by atoms with Crippen LogP contribution < -0.4 is 5.73 Å². The second kappa shape index (κ2) is 4.20. The van der Waals surface area contributed by atoms with Gasteiger partial charge < -0.3 is 5.73 Å². The van der Waals surface area contributed by atoms with E-state index in [1.54, 1.807) is 17.4 Å². The van der Waals surface area contributed by atoms with Crippen molar-refractivity contribution in [3.8, 4) is 10.7 Å². The highest BCUT2D eigenvalue weighted by atomic mass is 32.1. The van der Waals surface area contributed by atoms with Crippen molar-refractivity contribution in [3.05, 3.63) is 29.3 Å². The van der Waals surface area contributed by atoms with E-state index in [0.717, 1.165) is 15.6 Å². The monoisotopic (exact) mass is 237 g/mol. The average molecular weight is 237 g/mol. The minimum atomic E-state index is 0.206. The summed E-state index contributed by atoms with van der Waals surface area (Å²) in [5.41, 5.74) is 6.43. The summed E-state index contributed by atoms with van der Waals surface area (Å²) in [6.45, 7) is 2.02. The summed E-state index contributed by atoms with van der Waals surface area (Å²) in [6.07, 6.45) is 1.84. The number of hydrogen-bond donors (Lipinski definition) is 2. The van der Waals surface area contributed by atoms with Gasteiger partial charge in [0, 0.05) is 16.3 Å². The van der Waals surface area contributed by atoms with E-state index in [9.17, 15) is 0 Å². The molecule has 0 aliphatic rings. The van der Waals surface area contributed by atoms with Gasteiger partial charge in [0.15, 0.2) is 0 Å². The lowest BCUT2D eigenvalue weighted by atomic mass is 10.3. The van der Waals surface area contributed by atoms with Gasteiger partial charge in [0.05, 0.1) is 0 Å². The van der Waals surface area contributed by atoms with Crippen LogP contribution in [-0.4, -0.2) is 9.97 Å². The molecule has 0 saturated heterocycles. The molecule has 0 bridgehead atoms. The van der Waals surface area contributed by atoms with Gasteiger partial charge in [-0.25, -0.2) is 9.97 Å². The predicted octanol–water partition coefficient (Wildman–Crippen LogP) is 2.78. The Morgan fingerprint density at radius 1 is 1.47 bits per heavy atom. The molecule has 3 nitrogen and oxygen atoms in total. The molecule has 0 aromatic carbocycles. The largest absolute Gasteiger partial charge is 0.384 e. The maximum absolute atomic E-state index is 5.61. The molecular weight excluding hydrogens is 226 g/mol. The Morgan fingerprint density at radius 2 is 2.27 bits per heavy atom. The summed E-state index contributed by atoms with van der Waals surface area (Å²) in [4.78, 5) is 9.65. The minimum Gasteiger partial charge on any atom is -0.384 e. The smallest absolute Gasteiger partial charge is 0.142 e. The summed E-state index contributed by atoms with van der Waals surface area (Å²) in [5, 5.41) is 1.09. The zero-order valence-electron chi connectivity index (χ0n) is 8.21. The second-order valence-corrected chi connectivity index (χ2v) is 5.03. The first-order valence-corrected chi connectivity index (χ1v) is 5.87. The van der Waals surface area contributed by atoms with Gasteiger partial charge in [-0.3, -0.25) is 0 Å². The van der Waals surface area contributed by atoms with Gasteiger partial charge in [-0.15, -0.1) is 11.3 Å². The third kappa shape index (κ3) is 2.30. The number of thiazole rings is 1. The Kier molecular flexibility index (Phi) is 2.93. The molecule has 2 aromatic rings. The summed E-state index contributed by atoms with van der Waals surface area (Å²) in [6, 6.07) is 5.55. The predicted molar refractivity (Wildman–Crippen MR) is 67.2 cm³/mol. The lowest BCUT2D eigenvalue weighted by Gasteiger charge is -1.97. The molecule has 5 heteroatoms. The summed E-state index contributed by atoms with van der Waals surface area (Å²) < 4.78 is 0. The Balaban J connectivity index is 2.37. The van der Waals surface area contributed by atoms with Gasteiger partial charge in [0.1, 0.15) is 16.5 Å². The Bertz CT molecular complexity index is 465. The van der Waals surface area contributed by atoms with Gasteiger partial charge in [-0.1, -0.05) is 6.07 Å². The van der Waals surface area contributed by atoms with Crippen molar-refractivity contribution < 1.29 is 0 Å². The van der Waals surface area contributed by atoms with Crippen molar-refractivity contribution in [1.82, 2.24) is 9.97 Å². The van der Waals surface area contributed by atoms with E-state index in [2.05, 4.69) is 22.6 Å². The van der Waals surface area contributed by atoms with Crippen molar-refractivity contribution in [3.63, 3.8) is 0 Å². The van der Waals surface area contributed by atoms with Crippen LogP contribution in [0.1, 0.15) is 17.1 Å². The maximum Gasteiger partial charge on any atom is 0.142 e. The zero-order valence-corrected chi connectivity index (χ0v) is 9.92. The van der Waals surface area contributed by atoms with Gasteiger partial charge in [-0.05, 0) is 19.1 Å². The molecule has 0 fully saturated rings. The first-order chi connectivity index (χ1) is 7.16. The zero-order chi connectivity index (χ0) is 10.8. The van der Waals surface area contributed by atoms with Crippen molar-refractivity contribution in [2.24, 2.45) is 0 Å². The van der Waals surface area contributed by atoms with Crippen molar-refractivity contribution >= 4 is 29.8 Å². The fourth-order valence-corrected chi connectivity index (χ4v) is 2.22. The van der Waals surface area contributed by atoms with E-state index in [0.29, 0.717) is 5.82 Å². The number of nitrogen functional groups attached to an aromatic ring is 1. The van der Waals surface area contributed by atoms with E-state index in [1.165, 1.54) is 0 Å². The molecule has 0 radical (unpaired) electrons. The molecule has 2 aromatic heterocycles. The number of aromatic nitrogens is 2. The van der Waals surface area contributed by atoms with Crippen LogP contribution in [0.3, 0.4) is 0 Å². The molecule has 2 heterocycles. The first kappa shape index (κ1) is 10.4. The van der Waals surface area contributed by atoms with E-state index in [1.807, 2.05) is 25.3 Å². The molecule has 0 unspecified atom stereocenters. The summed E-state index contributed by atoms with van der Waals surface area (Å²) in [7, 11) is 0. The van der Waals surface area contributed by atoms with E-state index >= 15 is 0 Å². The topological polar surface area (TPSA) is 51.8 Å². The number of hydrogen-bond acceptors (Lipinski definition) is 5.